The molecule has 0 bridgehead atoms. The zero-order valence-corrected chi connectivity index (χ0v) is 14.1. The molecule has 0 spiro atoms. The van der Waals surface area contributed by atoms with Crippen LogP contribution in [0.4, 0.5) is 5.69 Å². The lowest BCUT2D eigenvalue weighted by molar-refractivity contribution is 0.102. The summed E-state index contributed by atoms with van der Waals surface area (Å²) >= 11 is 6.18. The van der Waals surface area contributed by atoms with E-state index in [2.05, 4.69) is 30.3 Å². The maximum Gasteiger partial charge on any atom is 0.260 e. The van der Waals surface area contributed by atoms with Crippen LogP contribution in [0.2, 0.25) is 5.15 Å². The minimum absolute atomic E-state index is 0.165. The molecule has 22 heavy (non-hydrogen) atoms. The van der Waals surface area contributed by atoms with Crippen LogP contribution in [0.15, 0.2) is 18.2 Å². The van der Waals surface area contributed by atoms with Gasteiger partial charge in [-0.25, -0.2) is 0 Å². The Labute approximate surface area is 135 Å². The molecular weight excluding hydrogens is 298 g/mol. The van der Waals surface area contributed by atoms with Crippen LogP contribution in [-0.2, 0) is 18.9 Å². The maximum absolute atomic E-state index is 12.6. The number of aromatic nitrogens is 2. The van der Waals surface area contributed by atoms with Gasteiger partial charge in [-0.05, 0) is 42.4 Å². The lowest BCUT2D eigenvalue weighted by Gasteiger charge is -2.19. The number of rotatable bonds is 2. The number of fused-ring (bicyclic) bond motifs is 1. The normalized spacial score (nSPS) is 15.7. The van der Waals surface area contributed by atoms with Gasteiger partial charge < -0.3 is 5.32 Å². The average Bonchev–Trinajstić information content (AvgIpc) is 2.88. The molecule has 0 saturated carbocycles. The van der Waals surface area contributed by atoms with Gasteiger partial charge in [0.2, 0.25) is 0 Å². The summed E-state index contributed by atoms with van der Waals surface area (Å²) in [5, 5.41) is 7.57. The number of anilines is 1. The molecule has 0 fully saturated rings. The number of hydrogen-bond donors (Lipinski definition) is 1. The van der Waals surface area contributed by atoms with E-state index in [0.29, 0.717) is 16.4 Å². The van der Waals surface area contributed by atoms with Gasteiger partial charge in [-0.15, -0.1) is 0 Å². The van der Waals surface area contributed by atoms with Crippen LogP contribution in [0.3, 0.4) is 0 Å². The molecule has 5 heteroatoms. The molecule has 1 aromatic heterocycles. The van der Waals surface area contributed by atoms with Gasteiger partial charge in [0, 0.05) is 12.7 Å². The lowest BCUT2D eigenvalue weighted by atomic mass is 9.86. The van der Waals surface area contributed by atoms with E-state index in [-0.39, 0.29) is 11.3 Å². The molecular formula is C17H20ClN3O. The van der Waals surface area contributed by atoms with E-state index in [0.717, 1.165) is 18.5 Å². The molecule has 1 amide bonds. The van der Waals surface area contributed by atoms with Crippen molar-refractivity contribution in [2.24, 2.45) is 7.05 Å². The highest BCUT2D eigenvalue weighted by Gasteiger charge is 2.31. The van der Waals surface area contributed by atoms with Crippen molar-refractivity contribution in [2.75, 3.05) is 5.32 Å². The summed E-state index contributed by atoms with van der Waals surface area (Å²) in [5.74, 6) is -0.200. The first-order valence-electron chi connectivity index (χ1n) is 7.44. The number of benzene rings is 1. The number of amides is 1. The molecule has 4 nitrogen and oxygen atoms in total. The third-order valence-corrected chi connectivity index (χ3v) is 4.97. The fourth-order valence-corrected chi connectivity index (χ4v) is 3.51. The quantitative estimate of drug-likeness (QED) is 0.914. The molecule has 1 N–H and O–H groups in total. The minimum atomic E-state index is -0.200. The lowest BCUT2D eigenvalue weighted by Crippen LogP contribution is -2.15. The Morgan fingerprint density at radius 1 is 1.41 bits per heavy atom. The van der Waals surface area contributed by atoms with Crippen LogP contribution in [0.5, 0.6) is 0 Å². The van der Waals surface area contributed by atoms with E-state index in [1.165, 1.54) is 15.8 Å². The Kier molecular flexibility index (Phi) is 3.52. The second-order valence-electron chi connectivity index (χ2n) is 6.54. The standard InChI is InChI=1S/C17H20ClN3O/c1-10-14(15(18)21(4)20-10)16(22)19-13-7-5-6-12-11(13)8-9-17(12,2)3/h5-7H,8-9H2,1-4H3,(H,19,22). The fraction of sp³-hybridized carbons (Fsp3) is 0.412. The molecule has 0 radical (unpaired) electrons. The van der Waals surface area contributed by atoms with Crippen molar-refractivity contribution in [3.63, 3.8) is 0 Å². The molecule has 0 atom stereocenters. The van der Waals surface area contributed by atoms with Crippen LogP contribution in [0, 0.1) is 6.92 Å². The third-order valence-electron chi connectivity index (χ3n) is 4.53. The number of nitrogens with zero attached hydrogens (tertiary/aromatic N) is 2. The van der Waals surface area contributed by atoms with Crippen molar-refractivity contribution in [2.45, 2.75) is 39.0 Å². The van der Waals surface area contributed by atoms with Crippen molar-refractivity contribution in [1.29, 1.82) is 0 Å². The van der Waals surface area contributed by atoms with E-state index in [4.69, 9.17) is 11.6 Å². The first kappa shape index (κ1) is 15.1. The molecule has 1 aliphatic rings. The van der Waals surface area contributed by atoms with Crippen LogP contribution < -0.4 is 5.32 Å². The Hall–Kier alpha value is -1.81. The first-order chi connectivity index (χ1) is 10.3. The average molecular weight is 318 g/mol. The SMILES string of the molecule is Cc1nn(C)c(Cl)c1C(=O)Nc1cccc2c1CCC2(C)C. The Balaban J connectivity index is 1.95. The third kappa shape index (κ3) is 2.31. The highest BCUT2D eigenvalue weighted by atomic mass is 35.5. The summed E-state index contributed by atoms with van der Waals surface area (Å²) < 4.78 is 1.52. The van der Waals surface area contributed by atoms with E-state index in [1.807, 2.05) is 12.1 Å². The maximum atomic E-state index is 12.6. The predicted molar refractivity (Wildman–Crippen MR) is 88.7 cm³/mol. The first-order valence-corrected chi connectivity index (χ1v) is 7.82. The van der Waals surface area contributed by atoms with Crippen LogP contribution in [0.25, 0.3) is 0 Å². The number of carbonyl (C=O) groups excluding carboxylic acids is 1. The van der Waals surface area contributed by atoms with Crippen LogP contribution >= 0.6 is 11.6 Å². The number of carbonyl (C=O) groups is 1. The van der Waals surface area contributed by atoms with E-state index >= 15 is 0 Å². The van der Waals surface area contributed by atoms with Crippen molar-refractivity contribution < 1.29 is 4.79 Å². The molecule has 0 aliphatic heterocycles. The number of aryl methyl sites for hydroxylation is 2. The Morgan fingerprint density at radius 3 is 2.77 bits per heavy atom. The predicted octanol–water partition coefficient (Wildman–Crippen LogP) is 3.86. The number of nitrogens with one attached hydrogen (secondary N) is 1. The highest BCUT2D eigenvalue weighted by Crippen LogP contribution is 2.41. The van der Waals surface area contributed by atoms with E-state index < -0.39 is 0 Å². The fourth-order valence-electron chi connectivity index (χ4n) is 3.25. The van der Waals surface area contributed by atoms with Gasteiger partial charge in [0.05, 0.1) is 11.3 Å². The monoisotopic (exact) mass is 317 g/mol. The molecule has 0 unspecified atom stereocenters. The molecule has 1 heterocycles. The largest absolute Gasteiger partial charge is 0.322 e. The van der Waals surface area contributed by atoms with Crippen molar-refractivity contribution >= 4 is 23.2 Å². The molecule has 116 valence electrons. The smallest absolute Gasteiger partial charge is 0.260 e. The van der Waals surface area contributed by atoms with Gasteiger partial charge in [0.1, 0.15) is 5.15 Å². The second-order valence-corrected chi connectivity index (χ2v) is 6.90. The topological polar surface area (TPSA) is 46.9 Å². The van der Waals surface area contributed by atoms with E-state index in [1.54, 1.807) is 14.0 Å². The van der Waals surface area contributed by atoms with Crippen molar-refractivity contribution in [1.82, 2.24) is 9.78 Å². The molecule has 0 saturated heterocycles. The van der Waals surface area contributed by atoms with Gasteiger partial charge in [-0.2, -0.15) is 5.10 Å². The molecule has 2 aromatic rings. The molecule has 3 rings (SSSR count). The highest BCUT2D eigenvalue weighted by molar-refractivity contribution is 6.33. The number of hydrogen-bond acceptors (Lipinski definition) is 2. The second kappa shape index (κ2) is 5.13. The van der Waals surface area contributed by atoms with Crippen molar-refractivity contribution in [3.8, 4) is 0 Å². The van der Waals surface area contributed by atoms with Crippen LogP contribution in [-0.4, -0.2) is 15.7 Å². The summed E-state index contributed by atoms with van der Waals surface area (Å²) in [5.41, 5.74) is 4.68. The summed E-state index contributed by atoms with van der Waals surface area (Å²) in [6.07, 6.45) is 2.08. The van der Waals surface area contributed by atoms with Gasteiger partial charge in [0.15, 0.2) is 0 Å². The van der Waals surface area contributed by atoms with Gasteiger partial charge in [-0.1, -0.05) is 37.6 Å². The van der Waals surface area contributed by atoms with Gasteiger partial charge in [0.25, 0.3) is 5.91 Å². The van der Waals surface area contributed by atoms with Gasteiger partial charge in [-0.3, -0.25) is 9.48 Å². The summed E-state index contributed by atoms with van der Waals surface area (Å²) in [6.45, 7) is 6.28. The molecule has 1 aliphatic carbocycles. The zero-order valence-electron chi connectivity index (χ0n) is 13.3. The zero-order chi connectivity index (χ0) is 16.1. The summed E-state index contributed by atoms with van der Waals surface area (Å²) in [4.78, 5) is 12.6. The minimum Gasteiger partial charge on any atom is -0.322 e. The van der Waals surface area contributed by atoms with Crippen molar-refractivity contribution in [3.05, 3.63) is 45.7 Å². The van der Waals surface area contributed by atoms with Crippen LogP contribution in [0.1, 0.15) is 47.4 Å². The Bertz CT molecular complexity index is 762. The molecule has 1 aromatic carbocycles. The van der Waals surface area contributed by atoms with Gasteiger partial charge >= 0.3 is 0 Å². The summed E-state index contributed by atoms with van der Waals surface area (Å²) in [7, 11) is 1.73. The number of halogens is 1. The summed E-state index contributed by atoms with van der Waals surface area (Å²) in [6, 6.07) is 6.11. The van der Waals surface area contributed by atoms with E-state index in [9.17, 15) is 4.79 Å². The Morgan fingerprint density at radius 2 is 2.14 bits per heavy atom.